The summed E-state index contributed by atoms with van der Waals surface area (Å²) in [7, 11) is 1.69. The second-order valence-electron chi connectivity index (χ2n) is 3.78. The van der Waals surface area contributed by atoms with Crippen molar-refractivity contribution in [3.05, 3.63) is 43.7 Å². The molecule has 0 radical (unpaired) electrons. The zero-order valence-electron chi connectivity index (χ0n) is 9.58. The molecule has 0 amide bonds. The minimum absolute atomic E-state index is 0.715. The fourth-order valence-electron chi connectivity index (χ4n) is 1.66. The molecule has 0 atom stereocenters. The van der Waals surface area contributed by atoms with Crippen LogP contribution in [0.25, 0.3) is 0 Å². The molecule has 0 fully saturated rings. The number of methoxy groups -OCH3 is 1. The molecule has 0 N–H and O–H groups in total. The van der Waals surface area contributed by atoms with Gasteiger partial charge < -0.3 is 4.74 Å². The number of benzene rings is 1. The van der Waals surface area contributed by atoms with Crippen LogP contribution < -0.4 is 4.74 Å². The molecule has 17 heavy (non-hydrogen) atoms. The molecule has 2 rings (SSSR count). The lowest BCUT2D eigenvalue weighted by atomic mass is 10.1. The number of aryl methyl sites for hydroxylation is 1. The number of ether oxygens (including phenoxy) is 1. The average Bonchev–Trinajstić information content (AvgIpc) is 2.58. The highest BCUT2D eigenvalue weighted by Gasteiger charge is 2.07. The van der Waals surface area contributed by atoms with Crippen molar-refractivity contribution in [3.8, 4) is 5.75 Å². The summed E-state index contributed by atoms with van der Waals surface area (Å²) in [5.41, 5.74) is 2.36. The van der Waals surface area contributed by atoms with Gasteiger partial charge in [-0.3, -0.25) is 4.68 Å². The molecule has 0 spiro atoms. The maximum Gasteiger partial charge on any atom is 0.137 e. The molecular formula is C12H12BrIN2O. The van der Waals surface area contributed by atoms with E-state index in [1.807, 2.05) is 23.0 Å². The van der Waals surface area contributed by atoms with Crippen LogP contribution in [0.4, 0.5) is 0 Å². The number of halogens is 2. The summed E-state index contributed by atoms with van der Waals surface area (Å²) in [5, 5.41) is 4.41. The van der Waals surface area contributed by atoms with Gasteiger partial charge >= 0.3 is 0 Å². The smallest absolute Gasteiger partial charge is 0.137 e. The molecular weight excluding hydrogens is 395 g/mol. The fraction of sp³-hybridized carbons (Fsp3) is 0.250. The van der Waals surface area contributed by atoms with Gasteiger partial charge in [0.05, 0.1) is 18.1 Å². The first-order valence-corrected chi connectivity index (χ1v) is 6.99. The van der Waals surface area contributed by atoms with Crippen molar-refractivity contribution in [1.29, 1.82) is 0 Å². The third kappa shape index (κ3) is 3.01. The molecule has 0 saturated carbocycles. The van der Waals surface area contributed by atoms with Gasteiger partial charge in [-0.2, -0.15) is 5.10 Å². The van der Waals surface area contributed by atoms with Crippen molar-refractivity contribution < 1.29 is 4.74 Å². The van der Waals surface area contributed by atoms with Crippen LogP contribution in [-0.2, 0) is 6.54 Å². The lowest BCUT2D eigenvalue weighted by Crippen LogP contribution is -2.03. The highest BCUT2D eigenvalue weighted by atomic mass is 127. The summed E-state index contributed by atoms with van der Waals surface area (Å²) >= 11 is 5.66. The van der Waals surface area contributed by atoms with Gasteiger partial charge in [0.1, 0.15) is 9.45 Å². The number of hydrogen-bond acceptors (Lipinski definition) is 2. The molecule has 5 heteroatoms. The van der Waals surface area contributed by atoms with E-state index in [0.29, 0.717) is 6.54 Å². The van der Waals surface area contributed by atoms with Crippen molar-refractivity contribution in [2.24, 2.45) is 0 Å². The van der Waals surface area contributed by atoms with Gasteiger partial charge in [0.15, 0.2) is 0 Å². The van der Waals surface area contributed by atoms with Crippen LogP contribution in [0, 0.1) is 10.6 Å². The number of aromatic nitrogens is 2. The molecule has 90 valence electrons. The predicted molar refractivity (Wildman–Crippen MR) is 79.5 cm³/mol. The summed E-state index contributed by atoms with van der Waals surface area (Å²) in [6.45, 7) is 2.79. The van der Waals surface area contributed by atoms with E-state index in [1.165, 1.54) is 5.56 Å². The molecule has 0 unspecified atom stereocenters. The van der Waals surface area contributed by atoms with E-state index >= 15 is 0 Å². The molecule has 1 aromatic heterocycles. The molecule has 0 aliphatic carbocycles. The first-order chi connectivity index (χ1) is 8.10. The van der Waals surface area contributed by atoms with Gasteiger partial charge in [0.2, 0.25) is 0 Å². The van der Waals surface area contributed by atoms with Crippen molar-refractivity contribution in [3.63, 3.8) is 0 Å². The third-order valence-electron chi connectivity index (χ3n) is 2.44. The van der Waals surface area contributed by atoms with Crippen LogP contribution >= 0.6 is 38.5 Å². The van der Waals surface area contributed by atoms with E-state index in [2.05, 4.69) is 56.6 Å². The number of nitrogens with zero attached hydrogens (tertiary/aromatic N) is 2. The predicted octanol–water partition coefficient (Wildman–Crippen LogP) is 3.62. The molecule has 1 heterocycles. The highest BCUT2D eigenvalue weighted by molar-refractivity contribution is 14.1. The fourth-order valence-corrected chi connectivity index (χ4v) is 2.39. The van der Waals surface area contributed by atoms with Gasteiger partial charge in [-0.25, -0.2) is 0 Å². The summed E-state index contributed by atoms with van der Waals surface area (Å²) in [6, 6.07) is 6.17. The second kappa shape index (κ2) is 5.39. The van der Waals surface area contributed by atoms with E-state index in [0.717, 1.165) is 19.5 Å². The summed E-state index contributed by atoms with van der Waals surface area (Å²) in [6.07, 6.45) is 1.98. The Kier molecular flexibility index (Phi) is 4.09. The van der Waals surface area contributed by atoms with Gasteiger partial charge in [-0.15, -0.1) is 0 Å². The quantitative estimate of drug-likeness (QED) is 0.728. The van der Waals surface area contributed by atoms with Gasteiger partial charge in [0.25, 0.3) is 0 Å². The Balaban J connectivity index is 2.31. The van der Waals surface area contributed by atoms with Crippen LogP contribution in [0.5, 0.6) is 5.75 Å². The van der Waals surface area contributed by atoms with Crippen molar-refractivity contribution >= 4 is 38.5 Å². The molecule has 0 aliphatic rings. The number of hydrogen-bond donors (Lipinski definition) is 0. The molecule has 2 aromatic rings. The van der Waals surface area contributed by atoms with Crippen LogP contribution in [0.1, 0.15) is 11.1 Å². The standard InChI is InChI=1S/C12H12BrIN2O/c1-8-3-4-11(17-2)9(5-8)6-16-7-10(13)12(14)15-16/h3-5,7H,6H2,1-2H3. The van der Waals surface area contributed by atoms with Crippen molar-refractivity contribution in [2.75, 3.05) is 7.11 Å². The lowest BCUT2D eigenvalue weighted by molar-refractivity contribution is 0.407. The molecule has 3 nitrogen and oxygen atoms in total. The van der Waals surface area contributed by atoms with Crippen LogP contribution in [0.2, 0.25) is 0 Å². The summed E-state index contributed by atoms with van der Waals surface area (Å²) in [4.78, 5) is 0. The van der Waals surface area contributed by atoms with Gasteiger partial charge in [-0.05, 0) is 51.5 Å². The Hall–Kier alpha value is -0.560. The van der Waals surface area contributed by atoms with E-state index in [1.54, 1.807) is 7.11 Å². The zero-order chi connectivity index (χ0) is 12.4. The minimum Gasteiger partial charge on any atom is -0.496 e. The van der Waals surface area contributed by atoms with Crippen LogP contribution in [0.15, 0.2) is 28.9 Å². The highest BCUT2D eigenvalue weighted by Crippen LogP contribution is 2.22. The van der Waals surface area contributed by atoms with Crippen LogP contribution in [-0.4, -0.2) is 16.9 Å². The SMILES string of the molecule is COc1ccc(C)cc1Cn1cc(Br)c(I)n1. The Morgan fingerprint density at radius 1 is 1.47 bits per heavy atom. The molecule has 0 bridgehead atoms. The molecule has 0 saturated heterocycles. The van der Waals surface area contributed by atoms with Gasteiger partial charge in [0, 0.05) is 11.8 Å². The van der Waals surface area contributed by atoms with Crippen LogP contribution in [0.3, 0.4) is 0 Å². The summed E-state index contributed by atoms with van der Waals surface area (Å²) < 4.78 is 9.25. The lowest BCUT2D eigenvalue weighted by Gasteiger charge is -2.09. The minimum atomic E-state index is 0.715. The normalized spacial score (nSPS) is 10.6. The largest absolute Gasteiger partial charge is 0.496 e. The van der Waals surface area contributed by atoms with E-state index in [4.69, 9.17) is 4.74 Å². The maximum atomic E-state index is 5.35. The zero-order valence-corrected chi connectivity index (χ0v) is 13.3. The maximum absolute atomic E-state index is 5.35. The second-order valence-corrected chi connectivity index (χ2v) is 5.66. The first kappa shape index (κ1) is 12.9. The Morgan fingerprint density at radius 3 is 2.82 bits per heavy atom. The number of rotatable bonds is 3. The van der Waals surface area contributed by atoms with E-state index in [9.17, 15) is 0 Å². The Morgan fingerprint density at radius 2 is 2.24 bits per heavy atom. The molecule has 1 aromatic carbocycles. The Bertz CT molecular complexity index is 520. The van der Waals surface area contributed by atoms with Crippen molar-refractivity contribution in [2.45, 2.75) is 13.5 Å². The topological polar surface area (TPSA) is 27.1 Å². The first-order valence-electron chi connectivity index (χ1n) is 5.12. The van der Waals surface area contributed by atoms with Gasteiger partial charge in [-0.1, -0.05) is 17.7 Å². The average molecular weight is 407 g/mol. The molecule has 0 aliphatic heterocycles. The van der Waals surface area contributed by atoms with E-state index < -0.39 is 0 Å². The van der Waals surface area contributed by atoms with E-state index in [-0.39, 0.29) is 0 Å². The summed E-state index contributed by atoms with van der Waals surface area (Å²) in [5.74, 6) is 0.900. The third-order valence-corrected chi connectivity index (χ3v) is 4.56. The monoisotopic (exact) mass is 406 g/mol. The Labute approximate surface area is 122 Å². The van der Waals surface area contributed by atoms with Crippen molar-refractivity contribution in [1.82, 2.24) is 9.78 Å².